The van der Waals surface area contributed by atoms with Gasteiger partial charge in [0.25, 0.3) is 5.92 Å². The van der Waals surface area contributed by atoms with Crippen LogP contribution in [0.2, 0.25) is 0 Å². The summed E-state index contributed by atoms with van der Waals surface area (Å²) in [6.07, 6.45) is -0.978. The van der Waals surface area contributed by atoms with E-state index in [2.05, 4.69) is 0 Å². The van der Waals surface area contributed by atoms with Crippen LogP contribution in [0.3, 0.4) is 0 Å². The van der Waals surface area contributed by atoms with Gasteiger partial charge in [-0.15, -0.1) is 0 Å². The molecular formula is C14H21F2NO4. The van der Waals surface area contributed by atoms with Crippen molar-refractivity contribution in [3.63, 3.8) is 0 Å². The summed E-state index contributed by atoms with van der Waals surface area (Å²) in [5.41, 5.74) is -0.746. The Morgan fingerprint density at radius 3 is 2.43 bits per heavy atom. The van der Waals surface area contributed by atoms with Gasteiger partial charge in [-0.1, -0.05) is 0 Å². The molecule has 0 aliphatic carbocycles. The van der Waals surface area contributed by atoms with E-state index in [1.54, 1.807) is 20.8 Å². The number of carboxylic acids is 1. The fourth-order valence-corrected chi connectivity index (χ4v) is 3.29. The fraction of sp³-hybridized carbons (Fsp3) is 0.857. The molecule has 2 rings (SSSR count). The van der Waals surface area contributed by atoms with Gasteiger partial charge in [-0.2, -0.15) is 0 Å². The molecule has 0 saturated carbocycles. The Balaban J connectivity index is 2.15. The molecule has 5 nitrogen and oxygen atoms in total. The number of nitrogens with zero attached hydrogens (tertiary/aromatic N) is 1. The molecule has 3 atom stereocenters. The maximum Gasteiger partial charge on any atom is 0.410 e. The normalized spacial score (nSPS) is 31.1. The van der Waals surface area contributed by atoms with Gasteiger partial charge in [-0.3, -0.25) is 9.69 Å². The molecule has 0 aromatic heterocycles. The van der Waals surface area contributed by atoms with E-state index < -0.39 is 42.1 Å². The van der Waals surface area contributed by atoms with Crippen LogP contribution in [-0.4, -0.2) is 45.7 Å². The number of hydrogen-bond acceptors (Lipinski definition) is 3. The number of rotatable bonds is 2. The number of hydrogen-bond donors (Lipinski definition) is 1. The smallest absolute Gasteiger partial charge is 0.410 e. The summed E-state index contributed by atoms with van der Waals surface area (Å²) in [5.74, 6) is -4.28. The molecule has 2 saturated heterocycles. The number of amides is 1. The summed E-state index contributed by atoms with van der Waals surface area (Å²) in [6.45, 7) is 5.05. The average Bonchev–Trinajstić information content (AvgIpc) is 2.39. The number of ether oxygens (including phenoxy) is 1. The molecule has 21 heavy (non-hydrogen) atoms. The third-order valence-corrected chi connectivity index (χ3v) is 3.95. The van der Waals surface area contributed by atoms with Crippen molar-refractivity contribution in [1.29, 1.82) is 0 Å². The van der Waals surface area contributed by atoms with Crippen LogP contribution >= 0.6 is 0 Å². The molecule has 0 radical (unpaired) electrons. The van der Waals surface area contributed by atoms with Crippen molar-refractivity contribution in [1.82, 2.24) is 4.90 Å². The van der Waals surface area contributed by atoms with Crippen molar-refractivity contribution in [2.45, 2.75) is 70.1 Å². The van der Waals surface area contributed by atoms with Gasteiger partial charge in [-0.05, 0) is 39.5 Å². The van der Waals surface area contributed by atoms with E-state index in [0.29, 0.717) is 0 Å². The molecule has 1 amide bonds. The van der Waals surface area contributed by atoms with Crippen LogP contribution in [0.15, 0.2) is 0 Å². The summed E-state index contributed by atoms with van der Waals surface area (Å²) in [6, 6.07) is -1.90. The molecule has 2 aliphatic heterocycles. The van der Waals surface area contributed by atoms with Crippen LogP contribution in [0.5, 0.6) is 0 Å². The van der Waals surface area contributed by atoms with Crippen LogP contribution < -0.4 is 0 Å². The van der Waals surface area contributed by atoms with E-state index in [0.717, 1.165) is 4.90 Å². The summed E-state index contributed by atoms with van der Waals surface area (Å²) in [5, 5.41) is 8.82. The van der Waals surface area contributed by atoms with E-state index in [9.17, 15) is 18.4 Å². The van der Waals surface area contributed by atoms with Gasteiger partial charge in [0, 0.05) is 18.9 Å². The van der Waals surface area contributed by atoms with Gasteiger partial charge in [0.1, 0.15) is 5.60 Å². The predicted molar refractivity (Wildman–Crippen MR) is 70.2 cm³/mol. The summed E-state index contributed by atoms with van der Waals surface area (Å²) in [7, 11) is 0. The number of alkyl halides is 2. The first-order valence-electron chi connectivity index (χ1n) is 7.10. The monoisotopic (exact) mass is 305 g/mol. The lowest BCUT2D eigenvalue weighted by Gasteiger charge is -2.39. The second kappa shape index (κ2) is 5.10. The molecule has 120 valence electrons. The maximum absolute atomic E-state index is 14.1. The standard InChI is InChI=1S/C14H21F2NO4/c1-13(2,3)21-12(20)17-9-4-8(6-11(18)19)5-10(17)14(15,16)7-9/h8-10H,4-7H2,1-3H3,(H,18,19). The van der Waals surface area contributed by atoms with E-state index in [4.69, 9.17) is 9.84 Å². The van der Waals surface area contributed by atoms with Gasteiger partial charge in [0.15, 0.2) is 0 Å². The number of fused-ring (bicyclic) bond motifs is 2. The summed E-state index contributed by atoms with van der Waals surface area (Å²) in [4.78, 5) is 24.0. The lowest BCUT2D eigenvalue weighted by Crippen LogP contribution is -2.51. The Morgan fingerprint density at radius 2 is 1.95 bits per heavy atom. The second-order valence-electron chi connectivity index (χ2n) is 6.96. The Hall–Kier alpha value is -1.40. The van der Waals surface area contributed by atoms with Crippen molar-refractivity contribution in [2.75, 3.05) is 0 Å². The molecule has 0 aromatic carbocycles. The van der Waals surface area contributed by atoms with Crippen molar-refractivity contribution >= 4 is 12.1 Å². The average molecular weight is 305 g/mol. The topological polar surface area (TPSA) is 66.8 Å². The minimum atomic E-state index is -2.98. The van der Waals surface area contributed by atoms with Gasteiger partial charge >= 0.3 is 12.1 Å². The molecular weight excluding hydrogens is 284 g/mol. The molecule has 2 bridgehead atoms. The predicted octanol–water partition coefficient (Wildman–Crippen LogP) is 2.88. The molecule has 0 spiro atoms. The van der Waals surface area contributed by atoms with Crippen LogP contribution in [-0.2, 0) is 9.53 Å². The van der Waals surface area contributed by atoms with Crippen molar-refractivity contribution in [3.8, 4) is 0 Å². The van der Waals surface area contributed by atoms with E-state index in [-0.39, 0.29) is 25.2 Å². The highest BCUT2D eigenvalue weighted by Crippen LogP contribution is 2.48. The van der Waals surface area contributed by atoms with Crippen LogP contribution in [0.25, 0.3) is 0 Å². The van der Waals surface area contributed by atoms with Crippen LogP contribution in [0.1, 0.15) is 46.5 Å². The molecule has 1 N–H and O–H groups in total. The Kier molecular flexibility index (Phi) is 3.88. The third kappa shape index (κ3) is 3.44. The minimum Gasteiger partial charge on any atom is -0.481 e. The van der Waals surface area contributed by atoms with E-state index in [1.807, 2.05) is 0 Å². The Labute approximate surface area is 122 Å². The molecule has 0 aromatic rings. The van der Waals surface area contributed by atoms with Gasteiger partial charge in [-0.25, -0.2) is 13.6 Å². The molecule has 3 unspecified atom stereocenters. The van der Waals surface area contributed by atoms with E-state index in [1.165, 1.54) is 0 Å². The lowest BCUT2D eigenvalue weighted by molar-refractivity contribution is -0.139. The molecule has 2 aliphatic rings. The first kappa shape index (κ1) is 16.0. The highest BCUT2D eigenvalue weighted by Gasteiger charge is 2.59. The van der Waals surface area contributed by atoms with Gasteiger partial charge < -0.3 is 9.84 Å². The van der Waals surface area contributed by atoms with Crippen molar-refractivity contribution < 1.29 is 28.2 Å². The number of carbonyl (C=O) groups is 2. The van der Waals surface area contributed by atoms with Crippen molar-refractivity contribution in [2.24, 2.45) is 5.92 Å². The quantitative estimate of drug-likeness (QED) is 0.852. The summed E-state index contributed by atoms with van der Waals surface area (Å²) < 4.78 is 33.3. The minimum absolute atomic E-state index is 0.00897. The third-order valence-electron chi connectivity index (χ3n) is 3.95. The maximum atomic E-state index is 14.1. The number of piperidine rings is 1. The van der Waals surface area contributed by atoms with Crippen LogP contribution in [0.4, 0.5) is 13.6 Å². The molecule has 2 heterocycles. The zero-order chi connectivity index (χ0) is 16.0. The highest BCUT2D eigenvalue weighted by atomic mass is 19.3. The number of carboxylic acid groups (broad SMARTS) is 1. The van der Waals surface area contributed by atoms with Crippen molar-refractivity contribution in [3.05, 3.63) is 0 Å². The Bertz CT molecular complexity index is 447. The number of halogens is 2. The SMILES string of the molecule is CC(C)(C)OC(=O)N1C2CC(CC(=O)O)CC1C(F)(F)C2. The fourth-order valence-electron chi connectivity index (χ4n) is 3.29. The first-order chi connectivity index (χ1) is 9.49. The number of aliphatic carboxylic acids is 1. The van der Waals surface area contributed by atoms with E-state index >= 15 is 0 Å². The lowest BCUT2D eigenvalue weighted by atomic mass is 9.88. The second-order valence-corrected chi connectivity index (χ2v) is 6.96. The van der Waals surface area contributed by atoms with Gasteiger partial charge in [0.05, 0.1) is 6.04 Å². The zero-order valence-electron chi connectivity index (χ0n) is 12.4. The highest BCUT2D eigenvalue weighted by molar-refractivity contribution is 5.70. The van der Waals surface area contributed by atoms with Crippen LogP contribution in [0, 0.1) is 5.92 Å². The first-order valence-corrected chi connectivity index (χ1v) is 7.10. The van der Waals surface area contributed by atoms with Gasteiger partial charge in [0.2, 0.25) is 0 Å². The molecule has 2 fully saturated rings. The number of carbonyl (C=O) groups excluding carboxylic acids is 1. The Morgan fingerprint density at radius 1 is 1.33 bits per heavy atom. The largest absolute Gasteiger partial charge is 0.481 e. The zero-order valence-corrected chi connectivity index (χ0v) is 12.4. The molecule has 7 heteroatoms. The summed E-state index contributed by atoms with van der Waals surface area (Å²) >= 11 is 0.